The van der Waals surface area contributed by atoms with Gasteiger partial charge in [-0.25, -0.2) is 0 Å². The molecule has 182 valence electrons. The van der Waals surface area contributed by atoms with E-state index in [0.29, 0.717) is 31.2 Å². The van der Waals surface area contributed by atoms with Crippen molar-refractivity contribution in [3.63, 3.8) is 0 Å². The Morgan fingerprint density at radius 1 is 1.18 bits per heavy atom. The number of carbonyl (C=O) groups excluding carboxylic acids is 1. The predicted molar refractivity (Wildman–Crippen MR) is 135 cm³/mol. The van der Waals surface area contributed by atoms with Crippen molar-refractivity contribution >= 4 is 12.0 Å². The quantitative estimate of drug-likeness (QED) is 0.530. The van der Waals surface area contributed by atoms with Gasteiger partial charge in [0.15, 0.2) is 11.5 Å². The molecule has 1 saturated heterocycles. The number of carbonyl (C=O) groups is 1. The number of hydrogen-bond acceptors (Lipinski definition) is 4. The van der Waals surface area contributed by atoms with Crippen molar-refractivity contribution in [2.75, 3.05) is 13.2 Å². The maximum absolute atomic E-state index is 13.5. The normalized spacial score (nSPS) is 24.9. The minimum absolute atomic E-state index is 0.0447. The third-order valence-corrected chi connectivity index (χ3v) is 7.50. The molecular formula is C29H37NO4. The summed E-state index contributed by atoms with van der Waals surface area (Å²) in [5.41, 5.74) is 2.39. The smallest absolute Gasteiger partial charge is 0.247 e. The van der Waals surface area contributed by atoms with E-state index in [9.17, 15) is 15.0 Å². The topological polar surface area (TPSA) is 70.0 Å². The fourth-order valence-electron chi connectivity index (χ4n) is 5.58. The minimum atomic E-state index is -0.764. The van der Waals surface area contributed by atoms with Crippen molar-refractivity contribution in [3.05, 3.63) is 65.2 Å². The summed E-state index contributed by atoms with van der Waals surface area (Å²) < 4.78 is 5.63. The van der Waals surface area contributed by atoms with E-state index in [1.807, 2.05) is 42.2 Å². The lowest BCUT2D eigenvalue weighted by Crippen LogP contribution is -2.56. The molecule has 34 heavy (non-hydrogen) atoms. The Labute approximate surface area is 203 Å². The molecule has 1 heterocycles. The highest BCUT2D eigenvalue weighted by Gasteiger charge is 2.50. The second-order valence-electron chi connectivity index (χ2n) is 10.00. The van der Waals surface area contributed by atoms with Gasteiger partial charge in [-0.15, -0.1) is 0 Å². The van der Waals surface area contributed by atoms with Crippen LogP contribution >= 0.6 is 0 Å². The minimum Gasteiger partial charge on any atom is -0.504 e. The lowest BCUT2D eigenvalue weighted by molar-refractivity contribution is -0.150. The van der Waals surface area contributed by atoms with E-state index in [0.717, 1.165) is 36.8 Å². The van der Waals surface area contributed by atoms with Gasteiger partial charge in [0.2, 0.25) is 5.91 Å². The molecule has 0 unspecified atom stereocenters. The van der Waals surface area contributed by atoms with E-state index in [4.69, 9.17) is 4.74 Å². The van der Waals surface area contributed by atoms with Crippen LogP contribution in [0.1, 0.15) is 81.5 Å². The summed E-state index contributed by atoms with van der Waals surface area (Å²) in [5.74, 6) is 0.865. The monoisotopic (exact) mass is 463 g/mol. The maximum Gasteiger partial charge on any atom is 0.247 e. The van der Waals surface area contributed by atoms with Gasteiger partial charge in [-0.3, -0.25) is 4.79 Å². The number of amides is 1. The number of aromatic hydroxyl groups is 1. The molecule has 2 aromatic rings. The predicted octanol–water partition coefficient (Wildman–Crippen LogP) is 5.82. The second kappa shape index (κ2) is 10.2. The molecule has 0 bridgehead atoms. The van der Waals surface area contributed by atoms with Crippen LogP contribution in [-0.2, 0) is 4.79 Å². The number of ether oxygens (including phenoxy) is 1. The van der Waals surface area contributed by atoms with Crippen LogP contribution in [-0.4, -0.2) is 39.8 Å². The maximum atomic E-state index is 13.5. The SMILES string of the molecule is CCOc1cc([C@H]2[C@H]3CCCC[C@]3(O)CCN2C(=O)/C=C/c2ccc(C(C)C)cc2)ccc1O. The second-order valence-corrected chi connectivity index (χ2v) is 10.00. The number of phenols is 1. The fourth-order valence-corrected chi connectivity index (χ4v) is 5.58. The zero-order valence-electron chi connectivity index (χ0n) is 20.5. The van der Waals surface area contributed by atoms with E-state index in [-0.39, 0.29) is 23.6 Å². The van der Waals surface area contributed by atoms with E-state index in [1.165, 1.54) is 5.56 Å². The highest BCUT2D eigenvalue weighted by atomic mass is 16.5. The third-order valence-electron chi connectivity index (χ3n) is 7.50. The van der Waals surface area contributed by atoms with Crippen LogP contribution in [0.3, 0.4) is 0 Å². The van der Waals surface area contributed by atoms with Gasteiger partial charge >= 0.3 is 0 Å². The number of piperidine rings is 1. The Morgan fingerprint density at radius 3 is 2.65 bits per heavy atom. The average Bonchev–Trinajstić information content (AvgIpc) is 2.83. The van der Waals surface area contributed by atoms with Crippen LogP contribution in [0, 0.1) is 5.92 Å². The van der Waals surface area contributed by atoms with E-state index in [1.54, 1.807) is 12.1 Å². The molecule has 0 radical (unpaired) electrons. The zero-order valence-corrected chi connectivity index (χ0v) is 20.5. The van der Waals surface area contributed by atoms with Crippen molar-refractivity contribution in [1.82, 2.24) is 4.90 Å². The summed E-state index contributed by atoms with van der Waals surface area (Å²) in [6, 6.07) is 13.3. The van der Waals surface area contributed by atoms with Crippen LogP contribution in [0.4, 0.5) is 0 Å². The molecule has 0 aromatic heterocycles. The van der Waals surface area contributed by atoms with Gasteiger partial charge in [0.05, 0.1) is 18.2 Å². The van der Waals surface area contributed by atoms with Crippen LogP contribution in [0.25, 0.3) is 6.08 Å². The Bertz CT molecular complexity index is 1030. The summed E-state index contributed by atoms with van der Waals surface area (Å²) in [4.78, 5) is 15.4. The molecule has 5 nitrogen and oxygen atoms in total. The first kappa shape index (κ1) is 24.3. The number of rotatable bonds is 6. The molecule has 0 spiro atoms. The van der Waals surface area contributed by atoms with Gasteiger partial charge in [-0.2, -0.15) is 0 Å². The van der Waals surface area contributed by atoms with Crippen molar-refractivity contribution in [3.8, 4) is 11.5 Å². The van der Waals surface area contributed by atoms with Crippen LogP contribution in [0.5, 0.6) is 11.5 Å². The average molecular weight is 464 g/mol. The van der Waals surface area contributed by atoms with Gasteiger partial charge in [0, 0.05) is 18.5 Å². The van der Waals surface area contributed by atoms with Gasteiger partial charge < -0.3 is 19.8 Å². The zero-order chi connectivity index (χ0) is 24.3. The van der Waals surface area contributed by atoms with E-state index >= 15 is 0 Å². The van der Waals surface area contributed by atoms with Gasteiger partial charge in [-0.1, -0.05) is 57.0 Å². The number of fused-ring (bicyclic) bond motifs is 1. The molecular weight excluding hydrogens is 426 g/mol. The molecule has 2 aliphatic rings. The lowest BCUT2D eigenvalue weighted by atomic mass is 9.66. The van der Waals surface area contributed by atoms with Crippen LogP contribution in [0.2, 0.25) is 0 Å². The molecule has 2 fully saturated rings. The summed E-state index contributed by atoms with van der Waals surface area (Å²) in [5, 5.41) is 21.7. The first-order valence-corrected chi connectivity index (χ1v) is 12.6. The van der Waals surface area contributed by atoms with Gasteiger partial charge in [0.25, 0.3) is 0 Å². The van der Waals surface area contributed by atoms with Crippen molar-refractivity contribution in [1.29, 1.82) is 0 Å². The van der Waals surface area contributed by atoms with Crippen LogP contribution in [0.15, 0.2) is 48.5 Å². The standard InChI is InChI=1S/C29H37NO4/c1-4-34-26-19-23(13-14-25(26)31)28-24-7-5-6-16-29(24,33)17-18-30(28)27(32)15-10-21-8-11-22(12-9-21)20(2)3/h8-15,19-20,24,28,31,33H,4-7,16-18H2,1-3H3/b15-10+/t24-,28+,29+/m1/s1. The molecule has 2 N–H and O–H groups in total. The lowest BCUT2D eigenvalue weighted by Gasteiger charge is -2.52. The molecule has 5 heteroatoms. The molecule has 3 atom stereocenters. The number of benzene rings is 2. The molecule has 1 aliphatic carbocycles. The molecule has 1 aliphatic heterocycles. The first-order chi connectivity index (χ1) is 16.3. The Balaban J connectivity index is 1.64. The third kappa shape index (κ3) is 5.00. The summed E-state index contributed by atoms with van der Waals surface area (Å²) >= 11 is 0. The highest BCUT2D eigenvalue weighted by Crippen LogP contribution is 2.50. The summed E-state index contributed by atoms with van der Waals surface area (Å²) in [6.45, 7) is 7.14. The largest absolute Gasteiger partial charge is 0.504 e. The van der Waals surface area contributed by atoms with E-state index < -0.39 is 5.60 Å². The Kier molecular flexibility index (Phi) is 7.32. The molecule has 1 amide bonds. The Morgan fingerprint density at radius 2 is 1.94 bits per heavy atom. The van der Waals surface area contributed by atoms with Gasteiger partial charge in [0.1, 0.15) is 0 Å². The van der Waals surface area contributed by atoms with Gasteiger partial charge in [-0.05, 0) is 67.0 Å². The molecule has 4 rings (SSSR count). The van der Waals surface area contributed by atoms with Crippen molar-refractivity contribution in [2.24, 2.45) is 5.92 Å². The van der Waals surface area contributed by atoms with Crippen LogP contribution < -0.4 is 4.74 Å². The number of phenolic OH excluding ortho intramolecular Hbond substituents is 1. The number of aliphatic hydroxyl groups is 1. The first-order valence-electron chi connectivity index (χ1n) is 12.6. The summed E-state index contributed by atoms with van der Waals surface area (Å²) in [7, 11) is 0. The molecule has 2 aromatic carbocycles. The number of likely N-dealkylation sites (tertiary alicyclic amines) is 1. The fraction of sp³-hybridized carbons (Fsp3) is 0.483. The molecule has 1 saturated carbocycles. The van der Waals surface area contributed by atoms with Crippen molar-refractivity contribution < 1.29 is 19.7 Å². The van der Waals surface area contributed by atoms with Crippen molar-refractivity contribution in [2.45, 2.75) is 70.4 Å². The van der Waals surface area contributed by atoms with E-state index in [2.05, 4.69) is 26.0 Å². The highest BCUT2D eigenvalue weighted by molar-refractivity contribution is 5.92. The Hall–Kier alpha value is -2.79. The number of nitrogens with zero attached hydrogens (tertiary/aromatic N) is 1. The number of hydrogen-bond donors (Lipinski definition) is 2. The summed E-state index contributed by atoms with van der Waals surface area (Å²) in [6.07, 6.45) is 7.80.